The van der Waals surface area contributed by atoms with Crippen molar-refractivity contribution in [2.45, 2.75) is 18.7 Å². The zero-order valence-electron chi connectivity index (χ0n) is 18.7. The molecular weight excluding hydrogens is 480 g/mol. The lowest BCUT2D eigenvalue weighted by atomic mass is 10.2. The summed E-state index contributed by atoms with van der Waals surface area (Å²) >= 11 is 6.20. The summed E-state index contributed by atoms with van der Waals surface area (Å²) in [6.45, 7) is 4.11. The Hall–Kier alpha value is -3.56. The number of benzene rings is 3. The summed E-state index contributed by atoms with van der Waals surface area (Å²) in [6.07, 6.45) is 1.37. The first-order chi connectivity index (χ1) is 16.2. The van der Waals surface area contributed by atoms with E-state index in [1.807, 2.05) is 13.8 Å². The van der Waals surface area contributed by atoms with Crippen LogP contribution in [0.4, 0.5) is 0 Å². The molecule has 0 radical (unpaired) electrons. The van der Waals surface area contributed by atoms with Crippen LogP contribution in [0.25, 0.3) is 0 Å². The van der Waals surface area contributed by atoms with Gasteiger partial charge in [-0.05, 0) is 67.9 Å². The molecule has 178 valence electrons. The number of carbonyl (C=O) groups is 1. The van der Waals surface area contributed by atoms with Crippen LogP contribution in [0, 0.1) is 6.92 Å². The minimum Gasteiger partial charge on any atom is -0.493 e. The first-order valence-corrected chi connectivity index (χ1v) is 12.0. The van der Waals surface area contributed by atoms with E-state index in [-0.39, 0.29) is 15.7 Å². The molecule has 0 unspecified atom stereocenters. The number of halogens is 1. The minimum atomic E-state index is -4.03. The molecule has 1 N–H and O–H groups in total. The van der Waals surface area contributed by atoms with E-state index in [4.69, 9.17) is 25.3 Å². The van der Waals surface area contributed by atoms with Gasteiger partial charge in [-0.1, -0.05) is 29.3 Å². The molecule has 0 saturated carbocycles. The van der Waals surface area contributed by atoms with E-state index in [0.29, 0.717) is 29.2 Å². The number of carbonyl (C=O) groups excluding carboxylic acids is 1. The van der Waals surface area contributed by atoms with Gasteiger partial charge in [0.2, 0.25) is 0 Å². The van der Waals surface area contributed by atoms with E-state index in [9.17, 15) is 13.2 Å². The Morgan fingerprint density at radius 1 is 1.03 bits per heavy atom. The van der Waals surface area contributed by atoms with Crippen molar-refractivity contribution in [2.75, 3.05) is 13.7 Å². The monoisotopic (exact) mass is 502 g/mol. The average molecular weight is 503 g/mol. The standard InChI is InChI=1S/C24H23ClN2O6S/c1-4-32-23-14-18(8-12-22(23)31-3)24(28)27-26-15-17-7-11-21(20(25)13-17)33-34(29,30)19-9-5-16(2)6-10-19/h5-15H,4H2,1-3H3,(H,27,28)/b26-15+. The second kappa shape index (κ2) is 11.0. The van der Waals surface area contributed by atoms with E-state index < -0.39 is 16.0 Å². The van der Waals surface area contributed by atoms with Crippen molar-refractivity contribution >= 4 is 33.8 Å². The Bertz CT molecular complexity index is 1310. The molecule has 34 heavy (non-hydrogen) atoms. The zero-order chi connectivity index (χ0) is 24.7. The molecule has 0 aromatic heterocycles. The summed E-state index contributed by atoms with van der Waals surface area (Å²) < 4.78 is 40.8. The second-order valence-corrected chi connectivity index (χ2v) is 8.99. The van der Waals surface area contributed by atoms with Crippen LogP contribution in [-0.2, 0) is 10.1 Å². The van der Waals surface area contributed by atoms with Gasteiger partial charge in [0, 0.05) is 5.56 Å². The number of methoxy groups -OCH3 is 1. The summed E-state index contributed by atoms with van der Waals surface area (Å²) in [5, 5.41) is 3.99. The average Bonchev–Trinajstić information content (AvgIpc) is 2.81. The number of hydrogen-bond donors (Lipinski definition) is 1. The van der Waals surface area contributed by atoms with Gasteiger partial charge in [0.1, 0.15) is 4.90 Å². The molecule has 0 bridgehead atoms. The lowest BCUT2D eigenvalue weighted by Crippen LogP contribution is -2.17. The van der Waals surface area contributed by atoms with Crippen LogP contribution in [-0.4, -0.2) is 34.3 Å². The van der Waals surface area contributed by atoms with E-state index in [2.05, 4.69) is 10.5 Å². The number of aryl methyl sites for hydroxylation is 1. The fourth-order valence-corrected chi connectivity index (χ4v) is 4.07. The molecule has 3 aromatic rings. The zero-order valence-corrected chi connectivity index (χ0v) is 20.3. The molecule has 0 atom stereocenters. The SMILES string of the molecule is CCOc1cc(C(=O)N/N=C/c2ccc(OS(=O)(=O)c3ccc(C)cc3)c(Cl)c2)ccc1OC. The van der Waals surface area contributed by atoms with Gasteiger partial charge in [0.05, 0.1) is 25.0 Å². The number of hydrazone groups is 1. The van der Waals surface area contributed by atoms with Gasteiger partial charge < -0.3 is 13.7 Å². The predicted octanol–water partition coefficient (Wildman–Crippen LogP) is 4.59. The third kappa shape index (κ3) is 6.27. The van der Waals surface area contributed by atoms with Crippen LogP contribution in [0.1, 0.15) is 28.4 Å². The maximum Gasteiger partial charge on any atom is 0.339 e. The molecule has 8 nitrogen and oxygen atoms in total. The Balaban J connectivity index is 1.67. The molecule has 0 aliphatic heterocycles. The Labute approximate surface area is 203 Å². The molecule has 10 heteroatoms. The Morgan fingerprint density at radius 2 is 1.74 bits per heavy atom. The van der Waals surface area contributed by atoms with Crippen molar-refractivity contribution in [2.24, 2.45) is 5.10 Å². The van der Waals surface area contributed by atoms with Crippen LogP contribution in [0.2, 0.25) is 5.02 Å². The summed E-state index contributed by atoms with van der Waals surface area (Å²) in [4.78, 5) is 12.4. The Morgan fingerprint density at radius 3 is 2.38 bits per heavy atom. The number of hydrogen-bond acceptors (Lipinski definition) is 7. The van der Waals surface area contributed by atoms with Gasteiger partial charge in [0.15, 0.2) is 17.2 Å². The topological polar surface area (TPSA) is 103 Å². The number of nitrogens with zero attached hydrogens (tertiary/aromatic N) is 1. The number of ether oxygens (including phenoxy) is 2. The van der Waals surface area contributed by atoms with E-state index in [1.54, 1.807) is 36.4 Å². The first kappa shape index (κ1) is 25.1. The molecule has 3 rings (SSSR count). The van der Waals surface area contributed by atoms with Crippen molar-refractivity contribution < 1.29 is 26.9 Å². The van der Waals surface area contributed by atoms with Gasteiger partial charge in [-0.2, -0.15) is 13.5 Å². The summed E-state index contributed by atoms with van der Waals surface area (Å²) in [5.41, 5.74) is 4.20. The highest BCUT2D eigenvalue weighted by Crippen LogP contribution is 2.29. The summed E-state index contributed by atoms with van der Waals surface area (Å²) in [7, 11) is -2.52. The molecule has 0 aliphatic carbocycles. The highest BCUT2D eigenvalue weighted by molar-refractivity contribution is 7.87. The van der Waals surface area contributed by atoms with Crippen molar-refractivity contribution in [3.8, 4) is 17.2 Å². The van der Waals surface area contributed by atoms with Gasteiger partial charge in [-0.25, -0.2) is 5.43 Å². The lowest BCUT2D eigenvalue weighted by molar-refractivity contribution is 0.0954. The molecular formula is C24H23ClN2O6S. The van der Waals surface area contributed by atoms with Crippen molar-refractivity contribution in [3.63, 3.8) is 0 Å². The molecule has 0 heterocycles. The molecule has 0 spiro atoms. The number of amides is 1. The fraction of sp³-hybridized carbons (Fsp3) is 0.167. The smallest absolute Gasteiger partial charge is 0.339 e. The first-order valence-electron chi connectivity index (χ1n) is 10.2. The summed E-state index contributed by atoms with van der Waals surface area (Å²) in [5.74, 6) is 0.494. The van der Waals surface area contributed by atoms with Gasteiger partial charge in [0.25, 0.3) is 5.91 Å². The summed E-state index contributed by atoms with van der Waals surface area (Å²) in [6, 6.07) is 15.5. The van der Waals surface area contributed by atoms with Gasteiger partial charge >= 0.3 is 10.1 Å². The molecule has 1 amide bonds. The Kier molecular flexibility index (Phi) is 8.14. The van der Waals surface area contributed by atoms with Crippen LogP contribution in [0.5, 0.6) is 17.2 Å². The molecule has 0 aliphatic rings. The quantitative estimate of drug-likeness (QED) is 0.261. The minimum absolute atomic E-state index is 0.0218. The van der Waals surface area contributed by atoms with Crippen LogP contribution < -0.4 is 19.1 Å². The van der Waals surface area contributed by atoms with E-state index in [0.717, 1.165) is 5.56 Å². The third-order valence-electron chi connectivity index (χ3n) is 4.57. The van der Waals surface area contributed by atoms with Crippen molar-refractivity contribution in [1.29, 1.82) is 0 Å². The van der Waals surface area contributed by atoms with Crippen LogP contribution >= 0.6 is 11.6 Å². The highest BCUT2D eigenvalue weighted by atomic mass is 35.5. The van der Waals surface area contributed by atoms with Crippen LogP contribution in [0.15, 0.2) is 70.7 Å². The number of rotatable bonds is 9. The van der Waals surface area contributed by atoms with Crippen LogP contribution in [0.3, 0.4) is 0 Å². The molecule has 3 aromatic carbocycles. The van der Waals surface area contributed by atoms with Crippen molar-refractivity contribution in [3.05, 3.63) is 82.4 Å². The van der Waals surface area contributed by atoms with Gasteiger partial charge in [-0.15, -0.1) is 0 Å². The molecule has 0 saturated heterocycles. The second-order valence-electron chi connectivity index (χ2n) is 7.04. The fourth-order valence-electron chi connectivity index (χ4n) is 2.85. The largest absolute Gasteiger partial charge is 0.493 e. The van der Waals surface area contributed by atoms with E-state index in [1.165, 1.54) is 37.6 Å². The third-order valence-corrected chi connectivity index (χ3v) is 6.11. The highest BCUT2D eigenvalue weighted by Gasteiger charge is 2.18. The number of nitrogens with one attached hydrogen (secondary N) is 1. The maximum absolute atomic E-state index is 12.5. The maximum atomic E-state index is 12.5. The molecule has 0 fully saturated rings. The predicted molar refractivity (Wildman–Crippen MR) is 130 cm³/mol. The van der Waals surface area contributed by atoms with E-state index >= 15 is 0 Å². The van der Waals surface area contributed by atoms with Crippen molar-refractivity contribution in [1.82, 2.24) is 5.43 Å². The van der Waals surface area contributed by atoms with Gasteiger partial charge in [-0.3, -0.25) is 4.79 Å². The lowest BCUT2D eigenvalue weighted by Gasteiger charge is -2.10. The normalized spacial score (nSPS) is 11.3.